The standard InChI is InChI=1S/C14H14O7/c1-14(19)11(7-20-13(14)18)21-12(17)5-3-8-2-4-9(15)10(16)6-8/h2-6,11,15-16,19H,7H2,1H3/b5-3+/t11-,14-/m1/s1/i1D. The van der Waals surface area contributed by atoms with E-state index in [9.17, 15) is 19.8 Å². The number of aromatic hydroxyl groups is 2. The third-order valence-corrected chi connectivity index (χ3v) is 2.92. The molecule has 0 bridgehead atoms. The lowest BCUT2D eigenvalue weighted by Crippen LogP contribution is -2.43. The van der Waals surface area contributed by atoms with E-state index >= 15 is 0 Å². The van der Waals surface area contributed by atoms with Crippen molar-refractivity contribution in [2.75, 3.05) is 6.61 Å². The molecule has 1 fully saturated rings. The highest BCUT2D eigenvalue weighted by Crippen LogP contribution is 2.26. The van der Waals surface area contributed by atoms with Crippen molar-refractivity contribution < 1.29 is 35.8 Å². The predicted octanol–water partition coefficient (Wildman–Crippen LogP) is 0.331. The molecule has 0 aliphatic carbocycles. The predicted molar refractivity (Wildman–Crippen MR) is 70.3 cm³/mol. The first-order valence-corrected chi connectivity index (χ1v) is 5.96. The number of esters is 2. The summed E-state index contributed by atoms with van der Waals surface area (Å²) in [5.41, 5.74) is -1.72. The van der Waals surface area contributed by atoms with Crippen molar-refractivity contribution in [2.24, 2.45) is 0 Å². The molecule has 0 unspecified atom stereocenters. The molecule has 0 spiro atoms. The molecule has 0 amide bonds. The molecule has 0 saturated carbocycles. The van der Waals surface area contributed by atoms with E-state index in [1.54, 1.807) is 0 Å². The molecule has 2 atom stereocenters. The lowest BCUT2D eigenvalue weighted by Gasteiger charge is -2.19. The van der Waals surface area contributed by atoms with Crippen LogP contribution < -0.4 is 0 Å². The molecule has 0 radical (unpaired) electrons. The van der Waals surface area contributed by atoms with E-state index in [0.717, 1.165) is 6.08 Å². The summed E-state index contributed by atoms with van der Waals surface area (Å²) >= 11 is 0. The van der Waals surface area contributed by atoms with Crippen molar-refractivity contribution in [1.29, 1.82) is 0 Å². The highest BCUT2D eigenvalue weighted by Gasteiger charge is 2.49. The van der Waals surface area contributed by atoms with Gasteiger partial charge in [0.15, 0.2) is 23.2 Å². The zero-order valence-electron chi connectivity index (χ0n) is 11.9. The van der Waals surface area contributed by atoms with E-state index in [-0.39, 0.29) is 18.1 Å². The lowest BCUT2D eigenvalue weighted by molar-refractivity contribution is -0.160. The fourth-order valence-corrected chi connectivity index (χ4v) is 1.67. The number of phenols is 2. The van der Waals surface area contributed by atoms with Gasteiger partial charge >= 0.3 is 11.9 Å². The van der Waals surface area contributed by atoms with Crippen molar-refractivity contribution >= 4 is 18.0 Å². The van der Waals surface area contributed by atoms with Gasteiger partial charge in [-0.2, -0.15) is 0 Å². The van der Waals surface area contributed by atoms with Crippen LogP contribution in [0.25, 0.3) is 6.08 Å². The number of benzene rings is 1. The molecule has 1 saturated heterocycles. The monoisotopic (exact) mass is 295 g/mol. The summed E-state index contributed by atoms with van der Waals surface area (Å²) in [6, 6.07) is 3.95. The minimum Gasteiger partial charge on any atom is -0.504 e. The Morgan fingerprint density at radius 3 is 2.95 bits per heavy atom. The van der Waals surface area contributed by atoms with Gasteiger partial charge in [-0.3, -0.25) is 0 Å². The molecule has 7 nitrogen and oxygen atoms in total. The second kappa shape index (κ2) is 5.45. The number of carbonyl (C=O) groups excluding carboxylic acids is 2. The minimum absolute atomic E-state index is 0.290. The Morgan fingerprint density at radius 2 is 2.29 bits per heavy atom. The number of rotatable bonds is 3. The van der Waals surface area contributed by atoms with Crippen LogP contribution in [0.4, 0.5) is 0 Å². The van der Waals surface area contributed by atoms with Crippen LogP contribution >= 0.6 is 0 Å². The van der Waals surface area contributed by atoms with Crippen molar-refractivity contribution in [3.8, 4) is 11.5 Å². The largest absolute Gasteiger partial charge is 0.504 e. The molecule has 7 heteroatoms. The molecule has 1 aromatic carbocycles. The Kier molecular flexibility index (Phi) is 3.49. The maximum atomic E-state index is 11.7. The van der Waals surface area contributed by atoms with Gasteiger partial charge in [-0.25, -0.2) is 9.59 Å². The van der Waals surface area contributed by atoms with Crippen LogP contribution in [0.1, 0.15) is 13.8 Å². The van der Waals surface area contributed by atoms with Crippen LogP contribution in [0, 0.1) is 0 Å². The molecule has 1 aliphatic rings. The number of cyclic esters (lactones) is 1. The quantitative estimate of drug-likeness (QED) is 0.418. The van der Waals surface area contributed by atoms with E-state index < -0.39 is 30.5 Å². The molecule has 1 aromatic rings. The Labute approximate surface area is 121 Å². The Morgan fingerprint density at radius 1 is 1.52 bits per heavy atom. The van der Waals surface area contributed by atoms with Gasteiger partial charge in [0, 0.05) is 7.45 Å². The molecule has 2 rings (SSSR count). The van der Waals surface area contributed by atoms with Crippen LogP contribution in [0.2, 0.25) is 0 Å². The summed E-state index contributed by atoms with van der Waals surface area (Å²) < 4.78 is 16.7. The van der Waals surface area contributed by atoms with Crippen molar-refractivity contribution in [3.05, 3.63) is 29.8 Å². The first-order chi connectivity index (χ1) is 10.4. The van der Waals surface area contributed by atoms with Gasteiger partial charge in [0.1, 0.15) is 6.61 Å². The summed E-state index contributed by atoms with van der Waals surface area (Å²) in [6.45, 7) is -0.993. The maximum Gasteiger partial charge on any atom is 0.342 e. The second-order valence-corrected chi connectivity index (χ2v) is 4.53. The lowest BCUT2D eigenvalue weighted by atomic mass is 10.0. The number of hydrogen-bond acceptors (Lipinski definition) is 7. The maximum absolute atomic E-state index is 11.7. The normalized spacial score (nSPS) is 25.7. The zero-order valence-corrected chi connectivity index (χ0v) is 10.9. The molecule has 1 aliphatic heterocycles. The summed E-state index contributed by atoms with van der Waals surface area (Å²) in [6.07, 6.45) is 1.10. The van der Waals surface area contributed by atoms with Crippen molar-refractivity contribution in [3.63, 3.8) is 0 Å². The number of carbonyl (C=O) groups is 2. The molecule has 3 N–H and O–H groups in total. The van der Waals surface area contributed by atoms with Crippen LogP contribution in [-0.2, 0) is 19.1 Å². The Hall–Kier alpha value is -2.54. The molecule has 21 heavy (non-hydrogen) atoms. The van der Waals surface area contributed by atoms with Gasteiger partial charge in [0.2, 0.25) is 0 Å². The summed E-state index contributed by atoms with van der Waals surface area (Å²) in [4.78, 5) is 23.0. The van der Waals surface area contributed by atoms with E-state index in [2.05, 4.69) is 4.74 Å². The van der Waals surface area contributed by atoms with Gasteiger partial charge < -0.3 is 24.8 Å². The van der Waals surface area contributed by atoms with Gasteiger partial charge in [-0.15, -0.1) is 0 Å². The topological polar surface area (TPSA) is 113 Å². The third kappa shape index (κ3) is 3.14. The van der Waals surface area contributed by atoms with Crippen LogP contribution in [0.3, 0.4) is 0 Å². The average Bonchev–Trinajstić information content (AvgIpc) is 2.77. The van der Waals surface area contributed by atoms with Gasteiger partial charge in [0.25, 0.3) is 0 Å². The van der Waals surface area contributed by atoms with Gasteiger partial charge in [0.05, 0.1) is 0 Å². The number of ether oxygens (including phenoxy) is 2. The first-order valence-electron chi connectivity index (χ1n) is 6.67. The fourth-order valence-electron chi connectivity index (χ4n) is 1.67. The fraction of sp³-hybridized carbons (Fsp3) is 0.286. The van der Waals surface area contributed by atoms with Crippen molar-refractivity contribution in [1.82, 2.24) is 0 Å². The molecular weight excluding hydrogens is 280 g/mol. The molecule has 1 heterocycles. The van der Waals surface area contributed by atoms with Crippen LogP contribution in [0.15, 0.2) is 24.3 Å². The average molecular weight is 295 g/mol. The third-order valence-electron chi connectivity index (χ3n) is 2.92. The van der Waals surface area contributed by atoms with Crippen molar-refractivity contribution in [2.45, 2.75) is 18.6 Å². The highest BCUT2D eigenvalue weighted by molar-refractivity contribution is 5.88. The Balaban J connectivity index is 2.02. The van der Waals surface area contributed by atoms with E-state index in [1.807, 2.05) is 0 Å². The van der Waals surface area contributed by atoms with E-state index in [0.29, 0.717) is 5.56 Å². The SMILES string of the molecule is [2H]C[C@]1(O)C(=O)OC[C@H]1OC(=O)/C=C/c1ccc(O)c(O)c1. The second-order valence-electron chi connectivity index (χ2n) is 4.53. The number of aliphatic hydroxyl groups is 1. The van der Waals surface area contributed by atoms with E-state index in [4.69, 9.17) is 11.2 Å². The van der Waals surface area contributed by atoms with Gasteiger partial charge in [-0.1, -0.05) is 6.07 Å². The van der Waals surface area contributed by atoms with Crippen LogP contribution in [-0.4, -0.2) is 45.6 Å². The molecule has 112 valence electrons. The number of phenolic OH excluding ortho intramolecular Hbond substituents is 2. The van der Waals surface area contributed by atoms with Crippen LogP contribution in [0.5, 0.6) is 11.5 Å². The summed E-state index contributed by atoms with van der Waals surface area (Å²) in [7, 11) is 0. The Bertz CT molecular complexity index is 628. The molecular formula is C14H14O7. The summed E-state index contributed by atoms with van der Waals surface area (Å²) in [5.74, 6) is -2.47. The molecule has 0 aromatic heterocycles. The van der Waals surface area contributed by atoms with Gasteiger partial charge in [-0.05, 0) is 30.7 Å². The highest BCUT2D eigenvalue weighted by atomic mass is 16.6. The first kappa shape index (κ1) is 13.4. The summed E-state index contributed by atoms with van der Waals surface area (Å²) in [5, 5.41) is 28.4. The smallest absolute Gasteiger partial charge is 0.342 e. The van der Waals surface area contributed by atoms with E-state index in [1.165, 1.54) is 24.3 Å². The minimum atomic E-state index is -2.15. The number of hydrogen-bond donors (Lipinski definition) is 3. The zero-order chi connectivity index (χ0) is 16.3.